The quantitative estimate of drug-likeness (QED) is 0.686. The van der Waals surface area contributed by atoms with E-state index in [4.69, 9.17) is 4.74 Å². The van der Waals surface area contributed by atoms with Crippen LogP contribution in [0.2, 0.25) is 0 Å². The first-order valence-corrected chi connectivity index (χ1v) is 9.63. The number of hydrogen-bond donors (Lipinski definition) is 2. The van der Waals surface area contributed by atoms with E-state index in [2.05, 4.69) is 10.6 Å². The number of benzene rings is 2. The van der Waals surface area contributed by atoms with Gasteiger partial charge in [-0.15, -0.1) is 0 Å². The maximum atomic E-state index is 12.5. The number of carbonyl (C=O) groups excluding carboxylic acids is 2. The molecule has 0 atom stereocenters. The van der Waals surface area contributed by atoms with E-state index in [1.807, 2.05) is 52.0 Å². The van der Waals surface area contributed by atoms with Gasteiger partial charge in [-0.2, -0.15) is 0 Å². The monoisotopic (exact) mass is 383 g/mol. The van der Waals surface area contributed by atoms with Crippen molar-refractivity contribution >= 4 is 23.2 Å². The van der Waals surface area contributed by atoms with E-state index in [0.29, 0.717) is 30.1 Å². The molecule has 6 nitrogen and oxygen atoms in total. The highest BCUT2D eigenvalue weighted by atomic mass is 16.5. The fraction of sp³-hybridized carbons (Fsp3) is 0.364. The van der Waals surface area contributed by atoms with Crippen LogP contribution in [0.4, 0.5) is 11.4 Å². The molecule has 0 heterocycles. The Hall–Kier alpha value is -3.02. The van der Waals surface area contributed by atoms with Gasteiger partial charge in [0.15, 0.2) is 0 Å². The molecular weight excluding hydrogens is 354 g/mol. The zero-order valence-corrected chi connectivity index (χ0v) is 17.0. The van der Waals surface area contributed by atoms with Crippen molar-refractivity contribution in [3.05, 3.63) is 54.1 Å². The Morgan fingerprint density at radius 3 is 2.43 bits per heavy atom. The van der Waals surface area contributed by atoms with Crippen LogP contribution in [0.3, 0.4) is 0 Å². The standard InChI is InChI=1S/C22H29N3O3/c1-5-25(6-2)22(27)17-10-9-11-18(14-17)24-21(26)15-23-19-12-7-8-13-20(19)28-16(3)4/h7-14,16,23H,5-6,15H2,1-4H3,(H,24,26). The summed E-state index contributed by atoms with van der Waals surface area (Å²) in [6, 6.07) is 14.5. The molecule has 2 rings (SSSR count). The molecule has 0 aliphatic carbocycles. The molecule has 0 radical (unpaired) electrons. The molecule has 0 bridgehead atoms. The van der Waals surface area contributed by atoms with E-state index in [0.717, 1.165) is 5.69 Å². The molecule has 0 aromatic heterocycles. The number of anilines is 2. The Kier molecular flexibility index (Phi) is 7.87. The van der Waals surface area contributed by atoms with Gasteiger partial charge in [0.25, 0.3) is 5.91 Å². The zero-order valence-electron chi connectivity index (χ0n) is 17.0. The second kappa shape index (κ2) is 10.3. The van der Waals surface area contributed by atoms with Crippen molar-refractivity contribution in [2.75, 3.05) is 30.3 Å². The maximum absolute atomic E-state index is 12.5. The van der Waals surface area contributed by atoms with Gasteiger partial charge >= 0.3 is 0 Å². The van der Waals surface area contributed by atoms with Crippen molar-refractivity contribution in [2.45, 2.75) is 33.8 Å². The normalized spacial score (nSPS) is 10.5. The van der Waals surface area contributed by atoms with Gasteiger partial charge in [0, 0.05) is 24.3 Å². The lowest BCUT2D eigenvalue weighted by Gasteiger charge is -2.19. The molecule has 0 saturated heterocycles. The molecule has 0 fully saturated rings. The van der Waals surface area contributed by atoms with Crippen LogP contribution >= 0.6 is 0 Å². The molecular formula is C22H29N3O3. The van der Waals surface area contributed by atoms with Gasteiger partial charge in [0.2, 0.25) is 5.91 Å². The van der Waals surface area contributed by atoms with E-state index in [-0.39, 0.29) is 24.5 Å². The fourth-order valence-corrected chi connectivity index (χ4v) is 2.77. The third-order valence-electron chi connectivity index (χ3n) is 4.13. The van der Waals surface area contributed by atoms with Crippen LogP contribution in [-0.2, 0) is 4.79 Å². The van der Waals surface area contributed by atoms with Gasteiger partial charge in [0.05, 0.1) is 18.3 Å². The first-order valence-electron chi connectivity index (χ1n) is 9.63. The topological polar surface area (TPSA) is 70.7 Å². The van der Waals surface area contributed by atoms with Crippen LogP contribution < -0.4 is 15.4 Å². The summed E-state index contributed by atoms with van der Waals surface area (Å²) in [5.41, 5.74) is 1.92. The van der Waals surface area contributed by atoms with E-state index < -0.39 is 0 Å². The third-order valence-corrected chi connectivity index (χ3v) is 4.13. The van der Waals surface area contributed by atoms with Crippen molar-refractivity contribution in [3.63, 3.8) is 0 Å². The lowest BCUT2D eigenvalue weighted by Crippen LogP contribution is -2.30. The smallest absolute Gasteiger partial charge is 0.253 e. The SMILES string of the molecule is CCN(CC)C(=O)c1cccc(NC(=O)CNc2ccccc2OC(C)C)c1. The molecule has 0 spiro atoms. The van der Waals surface area contributed by atoms with Gasteiger partial charge in [-0.3, -0.25) is 9.59 Å². The molecule has 2 aromatic rings. The molecule has 0 saturated carbocycles. The second-order valence-electron chi connectivity index (χ2n) is 6.62. The Morgan fingerprint density at radius 1 is 1.04 bits per heavy atom. The number of para-hydroxylation sites is 2. The third kappa shape index (κ3) is 6.01. The maximum Gasteiger partial charge on any atom is 0.253 e. The Balaban J connectivity index is 1.99. The van der Waals surface area contributed by atoms with Crippen LogP contribution in [0.1, 0.15) is 38.1 Å². The predicted molar refractivity (Wildman–Crippen MR) is 113 cm³/mol. The van der Waals surface area contributed by atoms with Gasteiger partial charge in [-0.1, -0.05) is 18.2 Å². The predicted octanol–water partition coefficient (Wildman–Crippen LogP) is 4.01. The summed E-state index contributed by atoms with van der Waals surface area (Å²) >= 11 is 0. The first kappa shape index (κ1) is 21.3. The van der Waals surface area contributed by atoms with Crippen molar-refractivity contribution in [1.29, 1.82) is 0 Å². The molecule has 0 aliphatic heterocycles. The number of nitrogens with one attached hydrogen (secondary N) is 2. The van der Waals surface area contributed by atoms with Crippen molar-refractivity contribution in [3.8, 4) is 5.75 Å². The minimum atomic E-state index is -0.202. The lowest BCUT2D eigenvalue weighted by molar-refractivity contribution is -0.114. The largest absolute Gasteiger partial charge is 0.489 e. The average molecular weight is 383 g/mol. The molecule has 6 heteroatoms. The van der Waals surface area contributed by atoms with Gasteiger partial charge in [-0.25, -0.2) is 0 Å². The lowest BCUT2D eigenvalue weighted by atomic mass is 10.1. The summed E-state index contributed by atoms with van der Waals surface area (Å²) in [7, 11) is 0. The highest BCUT2D eigenvalue weighted by Gasteiger charge is 2.13. The molecule has 2 N–H and O–H groups in total. The summed E-state index contributed by atoms with van der Waals surface area (Å²) < 4.78 is 5.75. The number of rotatable bonds is 9. The molecule has 2 amide bonds. The molecule has 2 aromatic carbocycles. The van der Waals surface area contributed by atoms with Gasteiger partial charge < -0.3 is 20.3 Å². The fourth-order valence-electron chi connectivity index (χ4n) is 2.77. The van der Waals surface area contributed by atoms with Crippen molar-refractivity contribution in [2.24, 2.45) is 0 Å². The summed E-state index contributed by atoms with van der Waals surface area (Å²) in [4.78, 5) is 26.5. The number of nitrogens with zero attached hydrogens (tertiary/aromatic N) is 1. The van der Waals surface area contributed by atoms with Gasteiger partial charge in [-0.05, 0) is 58.0 Å². The van der Waals surface area contributed by atoms with Crippen LogP contribution in [0.5, 0.6) is 5.75 Å². The zero-order chi connectivity index (χ0) is 20.5. The second-order valence-corrected chi connectivity index (χ2v) is 6.62. The molecule has 150 valence electrons. The van der Waals surface area contributed by atoms with Crippen molar-refractivity contribution < 1.29 is 14.3 Å². The van der Waals surface area contributed by atoms with E-state index in [9.17, 15) is 9.59 Å². The number of hydrogen-bond acceptors (Lipinski definition) is 4. The summed E-state index contributed by atoms with van der Waals surface area (Å²) in [6.07, 6.45) is 0.0443. The van der Waals surface area contributed by atoms with Crippen molar-refractivity contribution in [1.82, 2.24) is 4.90 Å². The first-order chi connectivity index (χ1) is 13.4. The summed E-state index contributed by atoms with van der Waals surface area (Å²) in [5, 5.41) is 5.93. The van der Waals surface area contributed by atoms with Crippen LogP contribution in [0.25, 0.3) is 0 Å². The van der Waals surface area contributed by atoms with Crippen LogP contribution in [-0.4, -0.2) is 42.5 Å². The van der Waals surface area contributed by atoms with E-state index in [1.54, 1.807) is 29.2 Å². The highest BCUT2D eigenvalue weighted by molar-refractivity contribution is 5.98. The molecule has 0 aliphatic rings. The average Bonchev–Trinajstić information content (AvgIpc) is 2.68. The molecule has 0 unspecified atom stereocenters. The Morgan fingerprint density at radius 2 is 1.75 bits per heavy atom. The Bertz CT molecular complexity index is 801. The summed E-state index contributed by atoms with van der Waals surface area (Å²) in [6.45, 7) is 9.18. The highest BCUT2D eigenvalue weighted by Crippen LogP contribution is 2.24. The van der Waals surface area contributed by atoms with Gasteiger partial charge in [0.1, 0.15) is 5.75 Å². The minimum absolute atomic E-state index is 0.0426. The van der Waals surface area contributed by atoms with Crippen LogP contribution in [0, 0.1) is 0 Å². The Labute approximate surface area is 166 Å². The summed E-state index contributed by atoms with van der Waals surface area (Å²) in [5.74, 6) is 0.461. The number of ether oxygens (including phenoxy) is 1. The van der Waals surface area contributed by atoms with E-state index >= 15 is 0 Å². The minimum Gasteiger partial charge on any atom is -0.489 e. The van der Waals surface area contributed by atoms with E-state index in [1.165, 1.54) is 0 Å². The number of amides is 2. The van der Waals surface area contributed by atoms with Crippen LogP contribution in [0.15, 0.2) is 48.5 Å². The molecule has 28 heavy (non-hydrogen) atoms. The number of carbonyl (C=O) groups is 2.